The average Bonchev–Trinajstić information content (AvgIpc) is 2.76. The van der Waals surface area contributed by atoms with Crippen molar-refractivity contribution in [3.8, 4) is 0 Å². The molecule has 1 aliphatic rings. The molecule has 0 spiro atoms. The molecule has 3 aromatic rings. The van der Waals surface area contributed by atoms with Crippen LogP contribution >= 0.6 is 0 Å². The van der Waals surface area contributed by atoms with Crippen LogP contribution in [0.4, 0.5) is 5.69 Å². The van der Waals surface area contributed by atoms with Crippen molar-refractivity contribution < 1.29 is 4.79 Å². The number of imidazole rings is 1. The van der Waals surface area contributed by atoms with E-state index in [-0.39, 0.29) is 5.91 Å². The molecule has 3 heterocycles. The lowest BCUT2D eigenvalue weighted by Crippen LogP contribution is -2.13. The van der Waals surface area contributed by atoms with Gasteiger partial charge in [0, 0.05) is 24.8 Å². The third kappa shape index (κ3) is 2.70. The Kier molecular flexibility index (Phi) is 3.54. The Morgan fingerprint density at radius 1 is 1.13 bits per heavy atom. The van der Waals surface area contributed by atoms with Gasteiger partial charge in [0.25, 0.3) is 5.91 Å². The monoisotopic (exact) mass is 306 g/mol. The first-order valence-electron chi connectivity index (χ1n) is 8.03. The van der Waals surface area contributed by atoms with Crippen molar-refractivity contribution in [2.75, 3.05) is 5.32 Å². The van der Waals surface area contributed by atoms with Crippen molar-refractivity contribution >= 4 is 22.6 Å². The molecule has 116 valence electrons. The smallest absolute Gasteiger partial charge is 0.274 e. The Balaban J connectivity index is 1.63. The van der Waals surface area contributed by atoms with E-state index >= 15 is 0 Å². The predicted octanol–water partition coefficient (Wildman–Crippen LogP) is 3.41. The lowest BCUT2D eigenvalue weighted by atomic mass is 10.2. The van der Waals surface area contributed by atoms with Crippen LogP contribution in [0, 0.1) is 0 Å². The van der Waals surface area contributed by atoms with E-state index in [9.17, 15) is 4.79 Å². The van der Waals surface area contributed by atoms with Crippen LogP contribution in [-0.4, -0.2) is 20.4 Å². The highest BCUT2D eigenvalue weighted by Gasteiger charge is 2.14. The van der Waals surface area contributed by atoms with E-state index in [0.29, 0.717) is 5.69 Å². The van der Waals surface area contributed by atoms with E-state index in [1.807, 2.05) is 18.2 Å². The molecule has 2 aromatic heterocycles. The fourth-order valence-corrected chi connectivity index (χ4v) is 3.12. The van der Waals surface area contributed by atoms with Gasteiger partial charge in [0.15, 0.2) is 0 Å². The molecule has 1 aliphatic heterocycles. The molecule has 1 amide bonds. The number of aryl methyl sites for hydroxylation is 2. The molecule has 1 N–H and O–H groups in total. The summed E-state index contributed by atoms with van der Waals surface area (Å²) in [4.78, 5) is 21.0. The molecule has 1 aromatic carbocycles. The van der Waals surface area contributed by atoms with E-state index in [1.54, 1.807) is 24.4 Å². The van der Waals surface area contributed by atoms with Crippen LogP contribution in [-0.2, 0) is 13.0 Å². The number of carbonyl (C=O) groups is 1. The van der Waals surface area contributed by atoms with Crippen molar-refractivity contribution in [3.63, 3.8) is 0 Å². The Labute approximate surface area is 134 Å². The first-order chi connectivity index (χ1) is 11.3. The highest BCUT2D eigenvalue weighted by Crippen LogP contribution is 2.24. The summed E-state index contributed by atoms with van der Waals surface area (Å²) in [5, 5.41) is 2.89. The van der Waals surface area contributed by atoms with Crippen LogP contribution in [0.25, 0.3) is 11.0 Å². The van der Waals surface area contributed by atoms with E-state index in [1.165, 1.54) is 19.3 Å². The van der Waals surface area contributed by atoms with E-state index in [4.69, 9.17) is 4.98 Å². The van der Waals surface area contributed by atoms with Crippen LogP contribution in [0.15, 0.2) is 42.6 Å². The van der Waals surface area contributed by atoms with Gasteiger partial charge in [0.1, 0.15) is 11.5 Å². The Morgan fingerprint density at radius 2 is 2.09 bits per heavy atom. The molecule has 5 nitrogen and oxygen atoms in total. The SMILES string of the molecule is O=C(Nc1ccc2c(c1)nc1n2CCCCC1)c1ccccn1. The zero-order chi connectivity index (χ0) is 15.6. The number of carbonyl (C=O) groups excluding carboxylic acids is 1. The van der Waals surface area contributed by atoms with Gasteiger partial charge in [-0.1, -0.05) is 12.5 Å². The maximum absolute atomic E-state index is 12.2. The molecular weight excluding hydrogens is 288 g/mol. The average molecular weight is 306 g/mol. The van der Waals surface area contributed by atoms with Crippen molar-refractivity contribution in [1.29, 1.82) is 0 Å². The van der Waals surface area contributed by atoms with Crippen molar-refractivity contribution in [3.05, 3.63) is 54.1 Å². The number of hydrogen-bond donors (Lipinski definition) is 1. The van der Waals surface area contributed by atoms with Crippen LogP contribution in [0.2, 0.25) is 0 Å². The summed E-state index contributed by atoms with van der Waals surface area (Å²) in [6.45, 7) is 1.03. The normalized spacial score (nSPS) is 14.3. The van der Waals surface area contributed by atoms with Gasteiger partial charge in [-0.3, -0.25) is 9.78 Å². The van der Waals surface area contributed by atoms with Gasteiger partial charge in [-0.2, -0.15) is 0 Å². The van der Waals surface area contributed by atoms with Gasteiger partial charge in [0.05, 0.1) is 11.0 Å². The Bertz CT molecular complexity index is 854. The van der Waals surface area contributed by atoms with Gasteiger partial charge >= 0.3 is 0 Å². The largest absolute Gasteiger partial charge is 0.328 e. The maximum Gasteiger partial charge on any atom is 0.274 e. The number of aromatic nitrogens is 3. The van der Waals surface area contributed by atoms with Crippen molar-refractivity contribution in [1.82, 2.24) is 14.5 Å². The van der Waals surface area contributed by atoms with Gasteiger partial charge in [-0.25, -0.2) is 4.98 Å². The Hall–Kier alpha value is -2.69. The number of pyridine rings is 1. The summed E-state index contributed by atoms with van der Waals surface area (Å²) < 4.78 is 2.31. The maximum atomic E-state index is 12.2. The molecule has 0 atom stereocenters. The van der Waals surface area contributed by atoms with Gasteiger partial charge < -0.3 is 9.88 Å². The second-order valence-electron chi connectivity index (χ2n) is 5.86. The third-order valence-corrected chi connectivity index (χ3v) is 4.26. The quantitative estimate of drug-likeness (QED) is 0.789. The van der Waals surface area contributed by atoms with Crippen LogP contribution in [0.3, 0.4) is 0 Å². The zero-order valence-corrected chi connectivity index (χ0v) is 12.8. The molecule has 5 heteroatoms. The molecule has 0 unspecified atom stereocenters. The fourth-order valence-electron chi connectivity index (χ4n) is 3.12. The third-order valence-electron chi connectivity index (χ3n) is 4.26. The predicted molar refractivity (Wildman–Crippen MR) is 89.5 cm³/mol. The van der Waals surface area contributed by atoms with Crippen LogP contribution in [0.5, 0.6) is 0 Å². The molecule has 4 rings (SSSR count). The molecule has 0 aliphatic carbocycles. The topological polar surface area (TPSA) is 59.8 Å². The summed E-state index contributed by atoms with van der Waals surface area (Å²) in [6.07, 6.45) is 6.32. The fraction of sp³-hybridized carbons (Fsp3) is 0.278. The van der Waals surface area contributed by atoms with E-state index < -0.39 is 0 Å². The van der Waals surface area contributed by atoms with E-state index in [0.717, 1.165) is 35.5 Å². The standard InChI is InChI=1S/C18H18N4O/c23-18(14-6-3-4-10-19-14)20-13-8-9-16-15(12-13)21-17-7-2-1-5-11-22(16)17/h3-4,6,8-10,12H,1-2,5,7,11H2,(H,20,23). The van der Waals surface area contributed by atoms with E-state index in [2.05, 4.69) is 14.9 Å². The number of hydrogen-bond acceptors (Lipinski definition) is 3. The minimum atomic E-state index is -0.203. The van der Waals surface area contributed by atoms with Crippen molar-refractivity contribution in [2.45, 2.75) is 32.2 Å². The number of nitrogens with one attached hydrogen (secondary N) is 1. The number of anilines is 1. The summed E-state index contributed by atoms with van der Waals surface area (Å²) in [7, 11) is 0. The first kappa shape index (κ1) is 13.9. The second-order valence-corrected chi connectivity index (χ2v) is 5.86. The Morgan fingerprint density at radius 3 is 2.96 bits per heavy atom. The minimum Gasteiger partial charge on any atom is -0.328 e. The molecule has 0 saturated heterocycles. The summed E-state index contributed by atoms with van der Waals surface area (Å²) in [5.74, 6) is 0.955. The van der Waals surface area contributed by atoms with Gasteiger partial charge in [0.2, 0.25) is 0 Å². The number of nitrogens with zero attached hydrogens (tertiary/aromatic N) is 3. The van der Waals surface area contributed by atoms with Gasteiger partial charge in [-0.15, -0.1) is 0 Å². The van der Waals surface area contributed by atoms with Crippen LogP contribution in [0.1, 0.15) is 35.6 Å². The lowest BCUT2D eigenvalue weighted by Gasteiger charge is -2.06. The summed E-state index contributed by atoms with van der Waals surface area (Å²) in [5.41, 5.74) is 3.26. The molecule has 23 heavy (non-hydrogen) atoms. The second kappa shape index (κ2) is 5.83. The highest BCUT2D eigenvalue weighted by molar-refractivity contribution is 6.03. The first-order valence-corrected chi connectivity index (χ1v) is 8.03. The lowest BCUT2D eigenvalue weighted by molar-refractivity contribution is 0.102. The summed E-state index contributed by atoms with van der Waals surface area (Å²) >= 11 is 0. The number of amides is 1. The minimum absolute atomic E-state index is 0.203. The number of benzene rings is 1. The molecule has 0 fully saturated rings. The van der Waals surface area contributed by atoms with Gasteiger partial charge in [-0.05, 0) is 43.2 Å². The number of fused-ring (bicyclic) bond motifs is 3. The molecule has 0 saturated carbocycles. The van der Waals surface area contributed by atoms with Crippen LogP contribution < -0.4 is 5.32 Å². The molecular formula is C18H18N4O. The van der Waals surface area contributed by atoms with Crippen molar-refractivity contribution in [2.24, 2.45) is 0 Å². The molecule has 0 radical (unpaired) electrons. The zero-order valence-electron chi connectivity index (χ0n) is 12.8. The highest BCUT2D eigenvalue weighted by atomic mass is 16.1. The molecule has 0 bridgehead atoms. The number of rotatable bonds is 2. The summed E-state index contributed by atoms with van der Waals surface area (Å²) in [6, 6.07) is 11.2.